The van der Waals surface area contributed by atoms with E-state index in [2.05, 4.69) is 36.7 Å². The Morgan fingerprint density at radius 3 is 1.97 bits per heavy atom. The van der Waals surface area contributed by atoms with E-state index in [4.69, 9.17) is 9.47 Å². The van der Waals surface area contributed by atoms with Crippen molar-refractivity contribution in [1.29, 1.82) is 0 Å². The van der Waals surface area contributed by atoms with E-state index in [0.717, 1.165) is 5.56 Å². The molecule has 206 valence electrons. The van der Waals surface area contributed by atoms with Crippen molar-refractivity contribution in [2.24, 2.45) is 0 Å². The minimum atomic E-state index is -0.846. The molecule has 37 heavy (non-hydrogen) atoms. The van der Waals surface area contributed by atoms with Gasteiger partial charge in [0, 0.05) is 18.3 Å². The number of amides is 4. The highest BCUT2D eigenvalue weighted by Crippen LogP contribution is 2.25. The van der Waals surface area contributed by atoms with Gasteiger partial charge < -0.3 is 25.4 Å². The Labute approximate surface area is 219 Å². The van der Waals surface area contributed by atoms with E-state index in [0.29, 0.717) is 5.69 Å². The average molecular weight is 519 g/mol. The number of ether oxygens (including phenoxy) is 2. The maximum absolute atomic E-state index is 13.2. The van der Waals surface area contributed by atoms with Crippen LogP contribution in [-0.2, 0) is 24.5 Å². The molecule has 0 aliphatic carbocycles. The molecule has 2 atom stereocenters. The number of rotatable bonds is 5. The third-order valence-corrected chi connectivity index (χ3v) is 5.41. The van der Waals surface area contributed by atoms with E-state index in [-0.39, 0.29) is 30.8 Å². The van der Waals surface area contributed by atoms with Crippen LogP contribution < -0.4 is 16.0 Å². The molecule has 0 spiro atoms. The van der Waals surface area contributed by atoms with Crippen molar-refractivity contribution in [3.05, 3.63) is 29.8 Å². The summed E-state index contributed by atoms with van der Waals surface area (Å²) in [5.41, 5.74) is 0.277. The van der Waals surface area contributed by atoms with Gasteiger partial charge >= 0.3 is 12.2 Å². The molecule has 10 heteroatoms. The molecule has 3 N–H and O–H groups in total. The predicted octanol–water partition coefficient (Wildman–Crippen LogP) is 3.94. The number of hydrogen-bond donors (Lipinski definition) is 3. The third-order valence-electron chi connectivity index (χ3n) is 5.41. The fourth-order valence-corrected chi connectivity index (χ4v) is 3.74. The number of hydrogen-bond acceptors (Lipinski definition) is 6. The van der Waals surface area contributed by atoms with Gasteiger partial charge in [-0.05, 0) is 71.1 Å². The van der Waals surface area contributed by atoms with Gasteiger partial charge in [-0.1, -0.05) is 32.9 Å². The van der Waals surface area contributed by atoms with E-state index < -0.39 is 41.4 Å². The van der Waals surface area contributed by atoms with Gasteiger partial charge in [-0.2, -0.15) is 0 Å². The maximum Gasteiger partial charge on any atom is 0.411 e. The van der Waals surface area contributed by atoms with Crippen molar-refractivity contribution >= 4 is 29.7 Å². The van der Waals surface area contributed by atoms with Crippen LogP contribution in [0.25, 0.3) is 0 Å². The van der Waals surface area contributed by atoms with Crippen LogP contribution in [0.1, 0.15) is 74.3 Å². The number of alkyl carbamates (subject to hydrolysis) is 1. The van der Waals surface area contributed by atoms with Gasteiger partial charge in [-0.3, -0.25) is 14.5 Å². The molecule has 0 unspecified atom stereocenters. The smallest absolute Gasteiger partial charge is 0.411 e. The van der Waals surface area contributed by atoms with Crippen LogP contribution in [0.15, 0.2) is 24.3 Å². The molecule has 1 aliphatic rings. The van der Waals surface area contributed by atoms with E-state index in [1.165, 1.54) is 4.90 Å². The van der Waals surface area contributed by atoms with E-state index >= 15 is 0 Å². The summed E-state index contributed by atoms with van der Waals surface area (Å²) >= 11 is 0. The highest BCUT2D eigenvalue weighted by Gasteiger charge is 2.42. The lowest BCUT2D eigenvalue weighted by atomic mass is 9.87. The first-order valence-corrected chi connectivity index (χ1v) is 12.5. The second kappa shape index (κ2) is 11.4. The summed E-state index contributed by atoms with van der Waals surface area (Å²) in [6.07, 6.45) is -1.15. The molecule has 1 aromatic carbocycles. The van der Waals surface area contributed by atoms with Crippen molar-refractivity contribution in [3.63, 3.8) is 0 Å². The first-order chi connectivity index (χ1) is 16.8. The van der Waals surface area contributed by atoms with Crippen molar-refractivity contribution < 1.29 is 28.7 Å². The van der Waals surface area contributed by atoms with Crippen molar-refractivity contribution in [1.82, 2.24) is 15.5 Å². The molecule has 10 nitrogen and oxygen atoms in total. The SMILES string of the molecule is CC(C)(C)OC(=O)NCC(=O)N[C@@H]1C[C@@H](C(=O)Nc2ccc(C(C)(C)C)cc2)N(C(=O)OC(C)(C)C)C1. The van der Waals surface area contributed by atoms with E-state index in [1.54, 1.807) is 41.5 Å². The minimum absolute atomic E-state index is 0.0225. The molecule has 0 aromatic heterocycles. The summed E-state index contributed by atoms with van der Waals surface area (Å²) < 4.78 is 10.6. The standard InChI is InChI=1S/C27H42N4O6/c1-25(2,3)17-10-12-18(13-11-17)30-22(33)20-14-19(16-31(20)24(35)37-27(7,8)9)29-21(32)15-28-23(34)36-26(4,5)6/h10-13,19-20H,14-16H2,1-9H3,(H,28,34)(H,29,32)(H,30,33)/t19-,20+/m1/s1. The molecule has 1 heterocycles. The Morgan fingerprint density at radius 1 is 0.892 bits per heavy atom. The number of nitrogens with one attached hydrogen (secondary N) is 3. The van der Waals surface area contributed by atoms with Crippen LogP contribution in [0.3, 0.4) is 0 Å². The van der Waals surface area contributed by atoms with Crippen LogP contribution in [0.5, 0.6) is 0 Å². The number of carbonyl (C=O) groups is 4. The lowest BCUT2D eigenvalue weighted by Gasteiger charge is -2.28. The molecule has 0 bridgehead atoms. The zero-order chi connectivity index (χ0) is 28.2. The second-order valence-corrected chi connectivity index (χ2v) is 12.3. The monoisotopic (exact) mass is 518 g/mol. The normalized spacial score (nSPS) is 18.1. The largest absolute Gasteiger partial charge is 0.444 e. The van der Waals surface area contributed by atoms with Crippen molar-refractivity contribution in [3.8, 4) is 0 Å². The maximum atomic E-state index is 13.2. The van der Waals surface area contributed by atoms with Gasteiger partial charge in [0.05, 0.1) is 0 Å². The fourth-order valence-electron chi connectivity index (χ4n) is 3.74. The second-order valence-electron chi connectivity index (χ2n) is 12.3. The Kier molecular flexibility index (Phi) is 9.22. The molecule has 0 radical (unpaired) electrons. The number of nitrogens with zero attached hydrogens (tertiary/aromatic N) is 1. The van der Waals surface area contributed by atoms with Gasteiger partial charge in [0.2, 0.25) is 11.8 Å². The lowest BCUT2D eigenvalue weighted by molar-refractivity contribution is -0.121. The predicted molar refractivity (Wildman–Crippen MR) is 141 cm³/mol. The molecule has 1 saturated heterocycles. The van der Waals surface area contributed by atoms with Crippen LogP contribution >= 0.6 is 0 Å². The third kappa shape index (κ3) is 9.93. The van der Waals surface area contributed by atoms with Crippen LogP contribution in [0, 0.1) is 0 Å². The summed E-state index contributed by atoms with van der Waals surface area (Å²) in [6.45, 7) is 16.5. The quantitative estimate of drug-likeness (QED) is 0.542. The highest BCUT2D eigenvalue weighted by molar-refractivity contribution is 5.97. The highest BCUT2D eigenvalue weighted by atomic mass is 16.6. The topological polar surface area (TPSA) is 126 Å². The van der Waals surface area contributed by atoms with Crippen LogP contribution in [0.4, 0.5) is 15.3 Å². The molecule has 4 amide bonds. The molecular formula is C27H42N4O6. The zero-order valence-corrected chi connectivity index (χ0v) is 23.5. The fraction of sp³-hybridized carbons (Fsp3) is 0.630. The summed E-state index contributed by atoms with van der Waals surface area (Å²) in [4.78, 5) is 51.7. The van der Waals surface area contributed by atoms with Crippen LogP contribution in [-0.4, -0.2) is 65.3 Å². The first kappa shape index (κ1) is 29.9. The number of likely N-dealkylation sites (tertiary alicyclic amines) is 1. The Bertz CT molecular complexity index is 986. The van der Waals surface area contributed by atoms with Gasteiger partial charge in [0.1, 0.15) is 23.8 Å². The summed E-state index contributed by atoms with van der Waals surface area (Å²) in [7, 11) is 0. The summed E-state index contributed by atoms with van der Waals surface area (Å²) in [5.74, 6) is -0.836. The molecule has 2 rings (SSSR count). The van der Waals surface area contributed by atoms with Gasteiger partial charge in [-0.25, -0.2) is 9.59 Å². The first-order valence-electron chi connectivity index (χ1n) is 12.5. The van der Waals surface area contributed by atoms with E-state index in [1.807, 2.05) is 24.3 Å². The zero-order valence-electron chi connectivity index (χ0n) is 23.5. The lowest BCUT2D eigenvalue weighted by Crippen LogP contribution is -2.46. The van der Waals surface area contributed by atoms with Crippen molar-refractivity contribution in [2.75, 3.05) is 18.4 Å². The average Bonchev–Trinajstić information content (AvgIpc) is 3.14. The van der Waals surface area contributed by atoms with E-state index in [9.17, 15) is 19.2 Å². The minimum Gasteiger partial charge on any atom is -0.444 e. The molecule has 1 fully saturated rings. The molecular weight excluding hydrogens is 476 g/mol. The molecule has 1 aromatic rings. The Hall–Kier alpha value is -3.30. The molecule has 1 aliphatic heterocycles. The summed E-state index contributed by atoms with van der Waals surface area (Å²) in [6, 6.07) is 6.22. The van der Waals surface area contributed by atoms with Crippen molar-refractivity contribution in [2.45, 2.75) is 97.4 Å². The molecule has 0 saturated carbocycles. The van der Waals surface area contributed by atoms with Gasteiger partial charge in [0.15, 0.2) is 0 Å². The Morgan fingerprint density at radius 2 is 1.46 bits per heavy atom. The number of anilines is 1. The van der Waals surface area contributed by atoms with Gasteiger partial charge in [-0.15, -0.1) is 0 Å². The Balaban J connectivity index is 2.08. The van der Waals surface area contributed by atoms with Crippen LogP contribution in [0.2, 0.25) is 0 Å². The van der Waals surface area contributed by atoms with Gasteiger partial charge in [0.25, 0.3) is 0 Å². The summed E-state index contributed by atoms with van der Waals surface area (Å²) in [5, 5.41) is 8.05. The number of carbonyl (C=O) groups excluding carboxylic acids is 4. The number of benzene rings is 1.